The maximum atomic E-state index is 12.7. The average molecular weight is 598 g/mol. The number of esters is 2. The van der Waals surface area contributed by atoms with Gasteiger partial charge in [0.05, 0.1) is 19.6 Å². The van der Waals surface area contributed by atoms with Gasteiger partial charge in [-0.1, -0.05) is 33.8 Å². The second-order valence-electron chi connectivity index (χ2n) is 16.2. The quantitative estimate of drug-likeness (QED) is 0.181. The van der Waals surface area contributed by atoms with Gasteiger partial charge in [-0.25, -0.2) is 0 Å². The maximum absolute atomic E-state index is 12.7. The molecule has 10 atom stereocenters. The Balaban J connectivity index is 1.30. The number of ether oxygens (including phenoxy) is 2. The molecule has 6 heteroatoms. The molecule has 6 nitrogen and oxygen atoms in total. The van der Waals surface area contributed by atoms with E-state index in [-0.39, 0.29) is 35.0 Å². The van der Waals surface area contributed by atoms with E-state index in [1.165, 1.54) is 77.3 Å². The van der Waals surface area contributed by atoms with Gasteiger partial charge in [0, 0.05) is 31.2 Å². The Morgan fingerprint density at radius 2 is 1.65 bits per heavy atom. The summed E-state index contributed by atoms with van der Waals surface area (Å²) in [5.74, 6) is 2.48. The fourth-order valence-corrected chi connectivity index (χ4v) is 12.2. The molecule has 0 N–H and O–H groups in total. The number of hydrogen-bond donors (Lipinski definition) is 0. The number of carbonyl (C=O) groups excluding carboxylic acids is 2. The predicted octanol–water partition coefficient (Wildman–Crippen LogP) is 6.91. The lowest BCUT2D eigenvalue weighted by atomic mass is 9.44. The standard InChI is InChI=1S/C37H61N2O4/c1-6-20-39(21-12-9-13-22-39)32-24-30-28-15-14-27-23-33(43-34(41)7-2)31(38-18-10-8-11-19-38)25-37(27,5)29(28)16-17-36(30,4)35(32)42-26(3)40/h6,27-33,35H,1,7-25H2,2-5H3/q+1/t27-,28?,29?,30?,31-,32-,33-,35+,36-,37-/m0/s1. The molecule has 6 rings (SSSR count). The number of quaternary nitrogens is 1. The summed E-state index contributed by atoms with van der Waals surface area (Å²) in [7, 11) is 0. The van der Waals surface area contributed by atoms with Crippen molar-refractivity contribution in [3.05, 3.63) is 12.7 Å². The third-order valence-electron chi connectivity index (χ3n) is 14.2. The number of carbonyl (C=O) groups is 2. The zero-order chi connectivity index (χ0) is 30.4. The molecule has 0 spiro atoms. The molecule has 0 aromatic rings. The highest BCUT2D eigenvalue weighted by atomic mass is 16.5. The molecule has 43 heavy (non-hydrogen) atoms. The Bertz CT molecular complexity index is 1030. The van der Waals surface area contributed by atoms with Crippen LogP contribution < -0.4 is 0 Å². The molecule has 0 aromatic heterocycles. The number of rotatable bonds is 7. The van der Waals surface area contributed by atoms with Gasteiger partial charge in [-0.3, -0.25) is 14.5 Å². The van der Waals surface area contributed by atoms with E-state index in [1.54, 1.807) is 6.92 Å². The van der Waals surface area contributed by atoms with Crippen LogP contribution in [0.2, 0.25) is 0 Å². The van der Waals surface area contributed by atoms with Crippen molar-refractivity contribution in [2.45, 2.75) is 142 Å². The number of hydrogen-bond acceptors (Lipinski definition) is 5. The molecule has 2 saturated heterocycles. The van der Waals surface area contributed by atoms with E-state index in [2.05, 4.69) is 31.4 Å². The largest absolute Gasteiger partial charge is 0.461 e. The van der Waals surface area contributed by atoms with Crippen molar-refractivity contribution in [1.29, 1.82) is 0 Å². The van der Waals surface area contributed by atoms with Crippen LogP contribution in [0.15, 0.2) is 12.7 Å². The second-order valence-corrected chi connectivity index (χ2v) is 16.2. The van der Waals surface area contributed by atoms with Crippen LogP contribution in [0.25, 0.3) is 0 Å². The van der Waals surface area contributed by atoms with Crippen LogP contribution in [0.4, 0.5) is 0 Å². The number of likely N-dealkylation sites (tertiary alicyclic amines) is 2. The van der Waals surface area contributed by atoms with Crippen LogP contribution in [0.5, 0.6) is 0 Å². The van der Waals surface area contributed by atoms with E-state index in [4.69, 9.17) is 9.47 Å². The molecular weight excluding hydrogens is 536 g/mol. The van der Waals surface area contributed by atoms with Crippen molar-refractivity contribution in [2.75, 3.05) is 32.7 Å². The fraction of sp³-hybridized carbons (Fsp3) is 0.892. The van der Waals surface area contributed by atoms with Gasteiger partial charge in [0.2, 0.25) is 0 Å². The van der Waals surface area contributed by atoms with Crippen molar-refractivity contribution >= 4 is 11.9 Å². The Labute approximate surface area is 261 Å². The van der Waals surface area contributed by atoms with E-state index in [1.807, 2.05) is 6.92 Å². The minimum atomic E-state index is -0.104. The van der Waals surface area contributed by atoms with Crippen LogP contribution in [0.1, 0.15) is 118 Å². The van der Waals surface area contributed by atoms with E-state index in [0.717, 1.165) is 43.4 Å². The number of nitrogens with zero attached hydrogens (tertiary/aromatic N) is 2. The number of fused-ring (bicyclic) bond motifs is 5. The van der Waals surface area contributed by atoms with Crippen molar-refractivity contribution in [3.8, 4) is 0 Å². The molecule has 6 fully saturated rings. The van der Waals surface area contributed by atoms with E-state index >= 15 is 0 Å². The molecule has 0 amide bonds. The summed E-state index contributed by atoms with van der Waals surface area (Å²) in [4.78, 5) is 28.0. The normalized spacial score (nSPS) is 44.4. The molecule has 0 bridgehead atoms. The summed E-state index contributed by atoms with van der Waals surface area (Å²) in [5, 5.41) is 0. The zero-order valence-electron chi connectivity index (χ0n) is 27.9. The lowest BCUT2D eigenvalue weighted by molar-refractivity contribution is -0.952. The first-order chi connectivity index (χ1) is 20.6. The number of piperidine rings is 2. The summed E-state index contributed by atoms with van der Waals surface area (Å²) in [6.07, 6.45) is 18.7. The average Bonchev–Trinajstić information content (AvgIpc) is 3.30. The van der Waals surface area contributed by atoms with Crippen molar-refractivity contribution < 1.29 is 23.5 Å². The second kappa shape index (κ2) is 12.4. The van der Waals surface area contributed by atoms with Gasteiger partial charge in [0.1, 0.15) is 12.1 Å². The first-order valence-electron chi connectivity index (χ1n) is 18.2. The van der Waals surface area contributed by atoms with Gasteiger partial charge in [-0.05, 0) is 119 Å². The van der Waals surface area contributed by atoms with Crippen LogP contribution in [-0.4, -0.2) is 78.3 Å². The highest BCUT2D eigenvalue weighted by Crippen LogP contribution is 2.68. The van der Waals surface area contributed by atoms with Crippen molar-refractivity contribution in [3.63, 3.8) is 0 Å². The molecule has 2 heterocycles. The lowest BCUT2D eigenvalue weighted by Crippen LogP contribution is -2.63. The Kier molecular flexibility index (Phi) is 9.12. The summed E-state index contributed by atoms with van der Waals surface area (Å²) in [6.45, 7) is 18.6. The van der Waals surface area contributed by atoms with Gasteiger partial charge in [0.25, 0.3) is 0 Å². The van der Waals surface area contributed by atoms with E-state index in [0.29, 0.717) is 42.2 Å². The molecule has 0 radical (unpaired) electrons. The SMILES string of the molecule is C=CC[N+]1([C@H]2CC3C4CC[C@H]5C[C@H](OC(=O)CC)[C@@H](N6CCCCC6)C[C@]5(C)C4CC[C@]3(C)[C@@H]2OC(C)=O)CCCCC1. The lowest BCUT2D eigenvalue weighted by Gasteiger charge is -2.62. The molecule has 2 aliphatic heterocycles. The Hall–Kier alpha value is -1.40. The molecule has 0 aromatic carbocycles. The first kappa shape index (κ1) is 31.6. The fourth-order valence-electron chi connectivity index (χ4n) is 12.2. The molecule has 4 saturated carbocycles. The van der Waals surface area contributed by atoms with Crippen LogP contribution in [-0.2, 0) is 19.1 Å². The highest BCUT2D eigenvalue weighted by molar-refractivity contribution is 5.69. The zero-order valence-corrected chi connectivity index (χ0v) is 27.9. The molecule has 4 aliphatic carbocycles. The van der Waals surface area contributed by atoms with Crippen molar-refractivity contribution in [2.24, 2.45) is 34.5 Å². The highest BCUT2D eigenvalue weighted by Gasteiger charge is 2.67. The van der Waals surface area contributed by atoms with Crippen molar-refractivity contribution in [1.82, 2.24) is 4.90 Å². The molecule has 6 aliphatic rings. The van der Waals surface area contributed by atoms with E-state index in [9.17, 15) is 9.59 Å². The summed E-state index contributed by atoms with van der Waals surface area (Å²) < 4.78 is 13.8. The van der Waals surface area contributed by atoms with Gasteiger partial charge in [0.15, 0.2) is 6.10 Å². The molecule has 242 valence electrons. The predicted molar refractivity (Wildman–Crippen MR) is 170 cm³/mol. The van der Waals surface area contributed by atoms with Crippen LogP contribution in [0.3, 0.4) is 0 Å². The summed E-state index contributed by atoms with van der Waals surface area (Å²) in [5.41, 5.74) is 0.319. The minimum Gasteiger partial charge on any atom is -0.461 e. The smallest absolute Gasteiger partial charge is 0.305 e. The maximum Gasteiger partial charge on any atom is 0.305 e. The van der Waals surface area contributed by atoms with Gasteiger partial charge in [-0.2, -0.15) is 0 Å². The minimum absolute atomic E-state index is 0.00446. The first-order valence-corrected chi connectivity index (χ1v) is 18.2. The topological polar surface area (TPSA) is 55.8 Å². The molecule has 3 unspecified atom stereocenters. The van der Waals surface area contributed by atoms with Crippen LogP contribution in [0, 0.1) is 34.5 Å². The summed E-state index contributed by atoms with van der Waals surface area (Å²) >= 11 is 0. The monoisotopic (exact) mass is 597 g/mol. The van der Waals surface area contributed by atoms with E-state index < -0.39 is 0 Å². The van der Waals surface area contributed by atoms with Crippen LogP contribution >= 0.6 is 0 Å². The van der Waals surface area contributed by atoms with Gasteiger partial charge in [-0.15, -0.1) is 0 Å². The Morgan fingerprint density at radius 3 is 2.33 bits per heavy atom. The third-order valence-corrected chi connectivity index (χ3v) is 14.2. The van der Waals surface area contributed by atoms with Gasteiger partial charge < -0.3 is 14.0 Å². The third kappa shape index (κ3) is 5.53. The summed E-state index contributed by atoms with van der Waals surface area (Å²) in [6, 6.07) is 0.732. The molecular formula is C37H61N2O4+. The van der Waals surface area contributed by atoms with Gasteiger partial charge >= 0.3 is 11.9 Å². The Morgan fingerprint density at radius 1 is 0.930 bits per heavy atom.